The van der Waals surface area contributed by atoms with Crippen molar-refractivity contribution >= 4 is 11.8 Å². The Kier molecular flexibility index (Phi) is 64.5. The maximum atomic E-state index is 12.5. The van der Waals surface area contributed by atoms with Gasteiger partial charge in [-0.15, -0.1) is 0 Å². The quantitative estimate of drug-likeness (QED) is 0.0386. The van der Waals surface area contributed by atoms with Gasteiger partial charge in [0.05, 0.1) is 6.10 Å². The van der Waals surface area contributed by atoms with E-state index in [0.717, 1.165) is 78.0 Å². The molecule has 460 valence electrons. The smallest absolute Gasteiger partial charge is 0.221 e. The molecule has 0 fully saturated rings. The highest BCUT2D eigenvalue weighted by molar-refractivity contribution is 5.76. The monoisotopic (exact) mass is 1090 g/mol. The number of rotatable bonds is 67. The average molecular weight is 1090 g/mol. The third-order valence-electron chi connectivity index (χ3n) is 16.3. The van der Waals surface area contributed by atoms with Crippen LogP contribution in [0.15, 0.2) is 0 Å². The van der Waals surface area contributed by atoms with Crippen LogP contribution < -0.4 is 21.3 Å². The second-order valence-electron chi connectivity index (χ2n) is 24.2. The highest BCUT2D eigenvalue weighted by Gasteiger charge is 2.13. The molecular formula is C68H140N6O3. The number of aliphatic hydroxyl groups is 1. The van der Waals surface area contributed by atoms with Gasteiger partial charge in [-0.3, -0.25) is 9.59 Å². The number of unbranched alkanes of at least 4 members (excludes halogenated alkanes) is 41. The summed E-state index contributed by atoms with van der Waals surface area (Å²) in [7, 11) is 0. The van der Waals surface area contributed by atoms with E-state index in [1.54, 1.807) is 0 Å². The molecule has 9 heteroatoms. The fourth-order valence-corrected chi connectivity index (χ4v) is 11.1. The maximum absolute atomic E-state index is 12.5. The average Bonchev–Trinajstić information content (AvgIpc) is 3.42. The molecule has 0 aromatic rings. The van der Waals surface area contributed by atoms with Crippen LogP contribution in [0.1, 0.15) is 342 Å². The van der Waals surface area contributed by atoms with E-state index in [1.165, 1.54) is 283 Å². The van der Waals surface area contributed by atoms with E-state index in [0.29, 0.717) is 32.5 Å². The molecule has 0 rings (SSSR count). The first-order valence-corrected chi connectivity index (χ1v) is 35.0. The third-order valence-corrected chi connectivity index (χ3v) is 16.3. The lowest BCUT2D eigenvalue weighted by molar-refractivity contribution is -0.121. The van der Waals surface area contributed by atoms with Crippen molar-refractivity contribution in [3.8, 4) is 0 Å². The minimum absolute atomic E-state index is 0.120. The van der Waals surface area contributed by atoms with E-state index < -0.39 is 6.10 Å². The van der Waals surface area contributed by atoms with Crippen LogP contribution in [-0.2, 0) is 9.59 Å². The molecule has 0 aliphatic heterocycles. The van der Waals surface area contributed by atoms with Crippen LogP contribution in [-0.4, -0.2) is 111 Å². The van der Waals surface area contributed by atoms with Crippen LogP contribution in [0.2, 0.25) is 0 Å². The topological polar surface area (TPSA) is 109 Å². The largest absolute Gasteiger partial charge is 0.390 e. The summed E-state index contributed by atoms with van der Waals surface area (Å²) in [5, 5.41) is 24.5. The zero-order valence-corrected chi connectivity index (χ0v) is 52.9. The van der Waals surface area contributed by atoms with Crippen LogP contribution in [0.25, 0.3) is 0 Å². The molecule has 77 heavy (non-hydrogen) atoms. The second-order valence-corrected chi connectivity index (χ2v) is 24.2. The standard InChI is InChI=1S/C68H140N6O3/c1-5-9-13-17-21-25-29-31-35-39-43-47-59-73(63-51-54-69-57-52-67(76)71-55-45-41-37-33-27-23-19-15-11-7-3)60-49-50-62-74(61-48-44-40-36-32-30-26-22-18-14-10-6-2)65-66(75)64-70-58-53-68(77)72-56-46-42-38-34-28-24-20-16-12-8-4/h66,69-70,75H,5-65H2,1-4H3,(H,71,76)(H,72,77). The number of hydrogen-bond acceptors (Lipinski definition) is 7. The number of nitrogens with one attached hydrogen (secondary N) is 4. The van der Waals surface area contributed by atoms with Gasteiger partial charge >= 0.3 is 0 Å². The highest BCUT2D eigenvalue weighted by Crippen LogP contribution is 2.16. The van der Waals surface area contributed by atoms with Crippen LogP contribution in [0, 0.1) is 0 Å². The van der Waals surface area contributed by atoms with Crippen molar-refractivity contribution in [2.45, 2.75) is 348 Å². The number of hydrogen-bond donors (Lipinski definition) is 5. The van der Waals surface area contributed by atoms with Crippen LogP contribution in [0.3, 0.4) is 0 Å². The van der Waals surface area contributed by atoms with Crippen molar-refractivity contribution in [2.24, 2.45) is 0 Å². The summed E-state index contributed by atoms with van der Waals surface area (Å²) in [5.74, 6) is 0.308. The lowest BCUT2D eigenvalue weighted by Crippen LogP contribution is -2.40. The summed E-state index contributed by atoms with van der Waals surface area (Å²) in [6, 6.07) is 0. The van der Waals surface area contributed by atoms with Gasteiger partial charge in [0.25, 0.3) is 0 Å². The van der Waals surface area contributed by atoms with E-state index in [-0.39, 0.29) is 11.8 Å². The predicted octanol–water partition coefficient (Wildman–Crippen LogP) is 17.6. The van der Waals surface area contributed by atoms with Crippen molar-refractivity contribution in [3.05, 3.63) is 0 Å². The Morgan fingerprint density at radius 2 is 0.558 bits per heavy atom. The van der Waals surface area contributed by atoms with Gasteiger partial charge < -0.3 is 36.2 Å². The molecule has 0 aliphatic carbocycles. The first-order valence-electron chi connectivity index (χ1n) is 35.0. The Bertz CT molecular complexity index is 1150. The van der Waals surface area contributed by atoms with Crippen LogP contribution >= 0.6 is 0 Å². The normalized spacial score (nSPS) is 12.1. The Hall–Kier alpha value is -1.26. The van der Waals surface area contributed by atoms with E-state index >= 15 is 0 Å². The molecular weight excluding hydrogens is 949 g/mol. The van der Waals surface area contributed by atoms with Gasteiger partial charge in [0.2, 0.25) is 11.8 Å². The Morgan fingerprint density at radius 3 is 0.896 bits per heavy atom. The molecule has 0 heterocycles. The van der Waals surface area contributed by atoms with E-state index in [2.05, 4.69) is 58.8 Å². The third kappa shape index (κ3) is 62.2. The minimum Gasteiger partial charge on any atom is -0.390 e. The lowest BCUT2D eigenvalue weighted by Gasteiger charge is -2.27. The molecule has 0 aliphatic rings. The number of nitrogens with zero attached hydrogens (tertiary/aromatic N) is 2. The molecule has 2 amide bonds. The summed E-state index contributed by atoms with van der Waals surface area (Å²) in [6.07, 6.45) is 63.2. The van der Waals surface area contributed by atoms with Gasteiger partial charge in [-0.05, 0) is 84.2 Å². The van der Waals surface area contributed by atoms with Gasteiger partial charge in [0.1, 0.15) is 0 Å². The summed E-state index contributed by atoms with van der Waals surface area (Å²) >= 11 is 0. The zero-order valence-electron chi connectivity index (χ0n) is 52.9. The molecule has 9 nitrogen and oxygen atoms in total. The molecule has 0 bridgehead atoms. The van der Waals surface area contributed by atoms with Crippen molar-refractivity contribution < 1.29 is 14.7 Å². The Labute approximate surface area is 482 Å². The lowest BCUT2D eigenvalue weighted by atomic mass is 10.1. The summed E-state index contributed by atoms with van der Waals surface area (Å²) in [5.41, 5.74) is 0. The molecule has 5 N–H and O–H groups in total. The maximum Gasteiger partial charge on any atom is 0.221 e. The van der Waals surface area contributed by atoms with E-state index in [9.17, 15) is 14.7 Å². The number of carbonyl (C=O) groups is 2. The minimum atomic E-state index is -0.438. The first-order chi connectivity index (χ1) is 38.0. The SMILES string of the molecule is CCCCCCCCCCCCCCN(CCCCN(CCCCCCCCCCCCCC)CC(O)CNCCC(=O)NCCCCCCCCCCCC)CCCNCCC(=O)NCCCCCCCCCCCC. The zero-order chi connectivity index (χ0) is 55.8. The van der Waals surface area contributed by atoms with Crippen molar-refractivity contribution in [3.63, 3.8) is 0 Å². The molecule has 1 atom stereocenters. The predicted molar refractivity (Wildman–Crippen MR) is 340 cm³/mol. The molecule has 1 unspecified atom stereocenters. The van der Waals surface area contributed by atoms with E-state index in [1.807, 2.05) is 0 Å². The number of amides is 2. The molecule has 0 saturated carbocycles. The Balaban J connectivity index is 4.90. The van der Waals surface area contributed by atoms with Gasteiger partial charge in [-0.1, -0.05) is 285 Å². The summed E-state index contributed by atoms with van der Waals surface area (Å²) in [4.78, 5) is 30.3. The summed E-state index contributed by atoms with van der Waals surface area (Å²) < 4.78 is 0. The first kappa shape index (κ1) is 75.7. The number of aliphatic hydroxyl groups excluding tert-OH is 1. The Morgan fingerprint density at radius 1 is 0.299 bits per heavy atom. The molecule has 0 aromatic heterocycles. The van der Waals surface area contributed by atoms with Gasteiger partial charge in [-0.25, -0.2) is 0 Å². The fourth-order valence-electron chi connectivity index (χ4n) is 11.1. The van der Waals surface area contributed by atoms with E-state index in [4.69, 9.17) is 0 Å². The van der Waals surface area contributed by atoms with Gasteiger partial charge in [0, 0.05) is 52.1 Å². The van der Waals surface area contributed by atoms with Gasteiger partial charge in [0.15, 0.2) is 0 Å². The summed E-state index contributed by atoms with van der Waals surface area (Å²) in [6.45, 7) is 19.8. The second kappa shape index (κ2) is 65.5. The molecule has 0 spiro atoms. The molecule has 0 aromatic carbocycles. The molecule has 0 radical (unpaired) electrons. The number of carbonyl (C=O) groups excluding carboxylic acids is 2. The van der Waals surface area contributed by atoms with Crippen molar-refractivity contribution in [2.75, 3.05) is 78.5 Å². The van der Waals surface area contributed by atoms with Crippen molar-refractivity contribution in [1.82, 2.24) is 31.1 Å². The van der Waals surface area contributed by atoms with Gasteiger partial charge in [-0.2, -0.15) is 0 Å². The van der Waals surface area contributed by atoms with Crippen LogP contribution in [0.4, 0.5) is 0 Å². The molecule has 0 saturated heterocycles. The van der Waals surface area contributed by atoms with Crippen LogP contribution in [0.5, 0.6) is 0 Å². The fraction of sp³-hybridized carbons (Fsp3) is 0.971. The highest BCUT2D eigenvalue weighted by atomic mass is 16.3. The van der Waals surface area contributed by atoms with Crippen molar-refractivity contribution in [1.29, 1.82) is 0 Å².